The summed E-state index contributed by atoms with van der Waals surface area (Å²) in [6.07, 6.45) is 0. The molecule has 146 valence electrons. The van der Waals surface area contributed by atoms with E-state index in [-0.39, 0.29) is 35.5 Å². The SMILES string of the molecule is CNC(C)CNS(=O)(=O)c1ccc(OC)c(C2(C)NC(=O)NC2=O)c1.Cl. The van der Waals surface area contributed by atoms with Gasteiger partial charge in [-0.2, -0.15) is 0 Å². The normalized spacial score (nSPS) is 20.8. The molecule has 0 spiro atoms. The van der Waals surface area contributed by atoms with Crippen LogP contribution in [0, 0.1) is 0 Å². The fourth-order valence-corrected chi connectivity index (χ4v) is 3.55. The third-order valence-electron chi connectivity index (χ3n) is 4.14. The lowest BCUT2D eigenvalue weighted by molar-refractivity contribution is -0.123. The molecule has 1 aromatic rings. The van der Waals surface area contributed by atoms with Crippen molar-refractivity contribution in [1.82, 2.24) is 20.7 Å². The van der Waals surface area contributed by atoms with E-state index in [1.807, 2.05) is 6.92 Å². The van der Waals surface area contributed by atoms with E-state index >= 15 is 0 Å². The number of sulfonamides is 1. The molecule has 0 aliphatic carbocycles. The topological polar surface area (TPSA) is 126 Å². The Kier molecular flexibility index (Phi) is 7.00. The smallest absolute Gasteiger partial charge is 0.322 e. The fourth-order valence-electron chi connectivity index (χ4n) is 2.40. The summed E-state index contributed by atoms with van der Waals surface area (Å²) in [5.41, 5.74) is -1.17. The molecular formula is C15H23ClN4O5S. The van der Waals surface area contributed by atoms with E-state index in [4.69, 9.17) is 4.74 Å². The quantitative estimate of drug-likeness (QED) is 0.474. The molecule has 2 rings (SSSR count). The second-order valence-corrected chi connectivity index (χ2v) is 7.70. The number of nitrogens with one attached hydrogen (secondary N) is 4. The minimum atomic E-state index is -3.79. The van der Waals surface area contributed by atoms with E-state index in [1.54, 1.807) is 7.05 Å². The number of carbonyl (C=O) groups excluding carboxylic acids is 2. The van der Waals surface area contributed by atoms with Gasteiger partial charge in [-0.05, 0) is 39.1 Å². The molecule has 1 aromatic carbocycles. The maximum Gasteiger partial charge on any atom is 0.322 e. The first kappa shape index (κ1) is 22.2. The van der Waals surface area contributed by atoms with E-state index in [0.717, 1.165) is 0 Å². The van der Waals surface area contributed by atoms with E-state index < -0.39 is 27.5 Å². The summed E-state index contributed by atoms with van der Waals surface area (Å²) in [6.45, 7) is 3.52. The molecule has 4 N–H and O–H groups in total. The maximum atomic E-state index is 12.5. The Morgan fingerprint density at radius 1 is 1.31 bits per heavy atom. The Morgan fingerprint density at radius 2 is 1.96 bits per heavy atom. The van der Waals surface area contributed by atoms with Gasteiger partial charge in [0.15, 0.2) is 0 Å². The van der Waals surface area contributed by atoms with Crippen LogP contribution in [-0.2, 0) is 20.4 Å². The predicted octanol–water partition coefficient (Wildman–Crippen LogP) is 0.0578. The second kappa shape index (κ2) is 8.21. The number of hydrogen-bond acceptors (Lipinski definition) is 6. The van der Waals surface area contributed by atoms with Gasteiger partial charge in [-0.15, -0.1) is 12.4 Å². The average molecular weight is 407 g/mol. The van der Waals surface area contributed by atoms with Crippen LogP contribution in [0.2, 0.25) is 0 Å². The standard InChI is InChI=1S/C15H22N4O5S.ClH/c1-9(16-3)8-17-25(22,23)10-5-6-12(24-4)11(7-10)15(2)13(20)18-14(21)19-15;/h5-7,9,16-17H,8H2,1-4H3,(H2,18,19,20,21);1H. The van der Waals surface area contributed by atoms with Gasteiger partial charge < -0.3 is 15.4 Å². The van der Waals surface area contributed by atoms with Crippen LogP contribution in [0.15, 0.2) is 23.1 Å². The van der Waals surface area contributed by atoms with Crippen molar-refractivity contribution in [2.24, 2.45) is 0 Å². The van der Waals surface area contributed by atoms with Crippen molar-refractivity contribution >= 4 is 34.4 Å². The second-order valence-electron chi connectivity index (χ2n) is 5.94. The summed E-state index contributed by atoms with van der Waals surface area (Å²) < 4.78 is 32.7. The molecule has 1 saturated heterocycles. The Labute approximate surface area is 158 Å². The highest BCUT2D eigenvalue weighted by atomic mass is 35.5. The zero-order chi connectivity index (χ0) is 18.8. The highest BCUT2D eigenvalue weighted by molar-refractivity contribution is 7.89. The van der Waals surface area contributed by atoms with Gasteiger partial charge in [0, 0.05) is 18.2 Å². The summed E-state index contributed by atoms with van der Waals surface area (Å²) >= 11 is 0. The number of methoxy groups -OCH3 is 1. The van der Waals surface area contributed by atoms with Gasteiger partial charge in [0.1, 0.15) is 11.3 Å². The number of urea groups is 1. The lowest BCUT2D eigenvalue weighted by Gasteiger charge is -2.24. The largest absolute Gasteiger partial charge is 0.496 e. The van der Waals surface area contributed by atoms with Crippen molar-refractivity contribution in [1.29, 1.82) is 0 Å². The molecule has 0 saturated carbocycles. The molecule has 0 aromatic heterocycles. The first-order valence-electron chi connectivity index (χ1n) is 7.63. The summed E-state index contributed by atoms with van der Waals surface area (Å²) in [7, 11) is -0.661. The molecule has 11 heteroatoms. The molecule has 26 heavy (non-hydrogen) atoms. The van der Waals surface area contributed by atoms with Crippen molar-refractivity contribution in [3.8, 4) is 5.75 Å². The number of rotatable bonds is 7. The minimum Gasteiger partial charge on any atom is -0.496 e. The van der Waals surface area contributed by atoms with Crippen LogP contribution < -0.4 is 25.4 Å². The highest BCUT2D eigenvalue weighted by Gasteiger charge is 2.45. The van der Waals surface area contributed by atoms with Crippen molar-refractivity contribution < 1.29 is 22.7 Å². The molecule has 0 bridgehead atoms. The van der Waals surface area contributed by atoms with E-state index in [2.05, 4.69) is 20.7 Å². The fraction of sp³-hybridized carbons (Fsp3) is 0.467. The molecule has 2 atom stereocenters. The van der Waals surface area contributed by atoms with Crippen LogP contribution in [-0.4, -0.2) is 47.1 Å². The molecule has 9 nitrogen and oxygen atoms in total. The van der Waals surface area contributed by atoms with Gasteiger partial charge in [-0.25, -0.2) is 17.9 Å². The molecular weight excluding hydrogens is 384 g/mol. The van der Waals surface area contributed by atoms with Gasteiger partial charge in [0.2, 0.25) is 10.0 Å². The van der Waals surface area contributed by atoms with Crippen molar-refractivity contribution in [2.45, 2.75) is 30.3 Å². The molecule has 1 aliphatic rings. The monoisotopic (exact) mass is 406 g/mol. The van der Waals surface area contributed by atoms with Crippen molar-refractivity contribution in [2.75, 3.05) is 20.7 Å². The predicted molar refractivity (Wildman–Crippen MR) is 98.0 cm³/mol. The summed E-state index contributed by atoms with van der Waals surface area (Å²) in [5.74, 6) is -0.287. The van der Waals surface area contributed by atoms with Gasteiger partial charge >= 0.3 is 6.03 Å². The first-order valence-corrected chi connectivity index (χ1v) is 9.11. The number of halogens is 1. The highest BCUT2D eigenvalue weighted by Crippen LogP contribution is 2.34. The molecule has 1 heterocycles. The summed E-state index contributed by atoms with van der Waals surface area (Å²) in [5, 5.41) is 7.58. The number of imide groups is 1. The molecule has 3 amide bonds. The van der Waals surface area contributed by atoms with Gasteiger partial charge in [-0.1, -0.05) is 0 Å². The lowest BCUT2D eigenvalue weighted by Crippen LogP contribution is -2.41. The van der Waals surface area contributed by atoms with Gasteiger partial charge in [0.05, 0.1) is 12.0 Å². The number of benzene rings is 1. The van der Waals surface area contributed by atoms with Crippen LogP contribution >= 0.6 is 12.4 Å². The van der Waals surface area contributed by atoms with E-state index in [1.165, 1.54) is 32.2 Å². The molecule has 0 radical (unpaired) electrons. The first-order chi connectivity index (χ1) is 11.6. The number of hydrogen-bond donors (Lipinski definition) is 4. The number of likely N-dealkylation sites (N-methyl/N-ethyl adjacent to an activating group) is 1. The molecule has 2 unspecified atom stereocenters. The maximum absolute atomic E-state index is 12.5. The Balaban J connectivity index is 0.00000338. The van der Waals surface area contributed by atoms with Gasteiger partial charge in [-0.3, -0.25) is 10.1 Å². The third kappa shape index (κ3) is 4.26. The van der Waals surface area contributed by atoms with Crippen LogP contribution in [0.5, 0.6) is 5.75 Å². The third-order valence-corrected chi connectivity index (χ3v) is 5.56. The Hall–Kier alpha value is -1.88. The van der Waals surface area contributed by atoms with Gasteiger partial charge in [0.25, 0.3) is 5.91 Å². The Morgan fingerprint density at radius 3 is 2.46 bits per heavy atom. The van der Waals surface area contributed by atoms with Crippen molar-refractivity contribution in [3.63, 3.8) is 0 Å². The Bertz CT molecular complexity index is 801. The van der Waals surface area contributed by atoms with Crippen LogP contribution in [0.25, 0.3) is 0 Å². The minimum absolute atomic E-state index is 0. The van der Waals surface area contributed by atoms with Crippen LogP contribution in [0.1, 0.15) is 19.4 Å². The number of ether oxygens (including phenoxy) is 1. The van der Waals surface area contributed by atoms with Crippen molar-refractivity contribution in [3.05, 3.63) is 23.8 Å². The molecule has 1 fully saturated rings. The number of amides is 3. The van der Waals surface area contributed by atoms with Crippen LogP contribution in [0.3, 0.4) is 0 Å². The lowest BCUT2D eigenvalue weighted by atomic mass is 9.91. The summed E-state index contributed by atoms with van der Waals surface area (Å²) in [6, 6.07) is 3.46. The van der Waals surface area contributed by atoms with E-state index in [0.29, 0.717) is 5.75 Å². The number of carbonyl (C=O) groups is 2. The van der Waals surface area contributed by atoms with E-state index in [9.17, 15) is 18.0 Å². The average Bonchev–Trinajstić information content (AvgIpc) is 2.85. The molecule has 1 aliphatic heterocycles. The zero-order valence-corrected chi connectivity index (χ0v) is 16.5. The van der Waals surface area contributed by atoms with Crippen LogP contribution in [0.4, 0.5) is 4.79 Å². The zero-order valence-electron chi connectivity index (χ0n) is 14.9. The summed E-state index contributed by atoms with van der Waals surface area (Å²) in [4.78, 5) is 23.7.